The summed E-state index contributed by atoms with van der Waals surface area (Å²) in [5, 5.41) is 12.2. The summed E-state index contributed by atoms with van der Waals surface area (Å²) in [4.78, 5) is 37.6. The maximum absolute atomic E-state index is 12.6. The van der Waals surface area contributed by atoms with E-state index in [1.807, 2.05) is 0 Å². The lowest BCUT2D eigenvalue weighted by molar-refractivity contribution is -0.131. The molecule has 2 N–H and O–H groups in total. The molecule has 25 heavy (non-hydrogen) atoms. The van der Waals surface area contributed by atoms with Crippen molar-refractivity contribution in [3.05, 3.63) is 35.4 Å². The zero-order chi connectivity index (χ0) is 17.8. The summed E-state index contributed by atoms with van der Waals surface area (Å²) in [5.41, 5.74) is 0.221. The van der Waals surface area contributed by atoms with Crippen LogP contribution in [0.4, 0.5) is 0 Å². The maximum Gasteiger partial charge on any atom is 0.336 e. The number of nitrogens with zero attached hydrogens (tertiary/aromatic N) is 1. The average Bonchev–Trinajstić information content (AvgIpc) is 3.16. The predicted molar refractivity (Wildman–Crippen MR) is 89.4 cm³/mol. The van der Waals surface area contributed by atoms with Crippen molar-refractivity contribution in [2.45, 2.75) is 37.8 Å². The Labute approximate surface area is 146 Å². The highest BCUT2D eigenvalue weighted by molar-refractivity contribution is 6.04. The second-order valence-corrected chi connectivity index (χ2v) is 6.43. The lowest BCUT2D eigenvalue weighted by Gasteiger charge is -2.33. The molecule has 7 heteroatoms. The number of carboxylic acids is 1. The second-order valence-electron chi connectivity index (χ2n) is 6.43. The van der Waals surface area contributed by atoms with Crippen LogP contribution in [0.3, 0.4) is 0 Å². The van der Waals surface area contributed by atoms with Gasteiger partial charge in [0.1, 0.15) is 6.10 Å². The van der Waals surface area contributed by atoms with Crippen molar-refractivity contribution in [2.75, 3.05) is 19.7 Å². The van der Waals surface area contributed by atoms with E-state index >= 15 is 0 Å². The van der Waals surface area contributed by atoms with Crippen molar-refractivity contribution in [1.82, 2.24) is 10.2 Å². The van der Waals surface area contributed by atoms with Gasteiger partial charge >= 0.3 is 5.97 Å². The maximum atomic E-state index is 12.6. The summed E-state index contributed by atoms with van der Waals surface area (Å²) >= 11 is 0. The van der Waals surface area contributed by atoms with Gasteiger partial charge in [-0.2, -0.15) is 0 Å². The molecule has 1 aromatic rings. The molecular weight excluding hydrogens is 324 g/mol. The molecule has 2 amide bonds. The van der Waals surface area contributed by atoms with Gasteiger partial charge in [0, 0.05) is 25.7 Å². The third kappa shape index (κ3) is 3.99. The fourth-order valence-electron chi connectivity index (χ4n) is 3.33. The van der Waals surface area contributed by atoms with Gasteiger partial charge in [-0.15, -0.1) is 0 Å². The van der Waals surface area contributed by atoms with Crippen molar-refractivity contribution in [1.29, 1.82) is 0 Å². The summed E-state index contributed by atoms with van der Waals surface area (Å²) in [5.74, 6) is -1.46. The van der Waals surface area contributed by atoms with Crippen LogP contribution in [-0.4, -0.2) is 59.6 Å². The van der Waals surface area contributed by atoms with Gasteiger partial charge in [-0.05, 0) is 37.8 Å². The van der Waals surface area contributed by atoms with Crippen LogP contribution in [0.2, 0.25) is 0 Å². The third-order valence-corrected chi connectivity index (χ3v) is 4.74. The standard InChI is InChI=1S/C18H22N2O5/c21-16(15-6-3-11-25-15)19-12-7-9-20(10-8-12)17(22)13-4-1-2-5-14(13)18(23)24/h1-2,4-5,12,15H,3,6-11H2,(H,19,21)(H,23,24). The minimum Gasteiger partial charge on any atom is -0.478 e. The van der Waals surface area contributed by atoms with Gasteiger partial charge in [0.05, 0.1) is 11.1 Å². The molecule has 3 rings (SSSR count). The first-order valence-corrected chi connectivity index (χ1v) is 8.60. The van der Waals surface area contributed by atoms with E-state index in [1.54, 1.807) is 17.0 Å². The zero-order valence-corrected chi connectivity index (χ0v) is 13.9. The Balaban J connectivity index is 1.56. The monoisotopic (exact) mass is 346 g/mol. The molecule has 0 bridgehead atoms. The molecule has 1 atom stereocenters. The van der Waals surface area contributed by atoms with Crippen LogP contribution in [-0.2, 0) is 9.53 Å². The lowest BCUT2D eigenvalue weighted by atomic mass is 10.0. The van der Waals surface area contributed by atoms with Crippen LogP contribution in [0.1, 0.15) is 46.4 Å². The Kier molecular flexibility index (Phi) is 5.33. The predicted octanol–water partition coefficient (Wildman–Crippen LogP) is 1.28. The van der Waals surface area contributed by atoms with E-state index in [1.165, 1.54) is 12.1 Å². The molecule has 7 nitrogen and oxygen atoms in total. The Bertz CT molecular complexity index is 661. The molecule has 2 fully saturated rings. The zero-order valence-electron chi connectivity index (χ0n) is 13.9. The fourth-order valence-corrected chi connectivity index (χ4v) is 3.33. The molecule has 0 radical (unpaired) electrons. The van der Waals surface area contributed by atoms with Crippen LogP contribution < -0.4 is 5.32 Å². The smallest absolute Gasteiger partial charge is 0.336 e. The molecule has 1 unspecified atom stereocenters. The van der Waals surface area contributed by atoms with Crippen LogP contribution in [0, 0.1) is 0 Å². The molecule has 0 aliphatic carbocycles. The highest BCUT2D eigenvalue weighted by atomic mass is 16.5. The van der Waals surface area contributed by atoms with Crippen molar-refractivity contribution in [3.63, 3.8) is 0 Å². The fraction of sp³-hybridized carbons (Fsp3) is 0.500. The van der Waals surface area contributed by atoms with Gasteiger partial charge < -0.3 is 20.1 Å². The van der Waals surface area contributed by atoms with Gasteiger partial charge in [-0.1, -0.05) is 12.1 Å². The number of nitrogens with one attached hydrogen (secondary N) is 1. The second kappa shape index (κ2) is 7.65. The number of ether oxygens (including phenoxy) is 1. The van der Waals surface area contributed by atoms with Crippen molar-refractivity contribution < 1.29 is 24.2 Å². The largest absolute Gasteiger partial charge is 0.478 e. The lowest BCUT2D eigenvalue weighted by Crippen LogP contribution is -2.48. The van der Waals surface area contributed by atoms with E-state index < -0.39 is 5.97 Å². The van der Waals surface area contributed by atoms with E-state index in [-0.39, 0.29) is 35.1 Å². The molecule has 2 aliphatic rings. The molecule has 134 valence electrons. The first kappa shape index (κ1) is 17.4. The summed E-state index contributed by atoms with van der Waals surface area (Å²) < 4.78 is 5.38. The number of piperidine rings is 1. The Morgan fingerprint density at radius 2 is 1.76 bits per heavy atom. The number of aromatic carboxylic acids is 1. The minimum absolute atomic E-state index is 0.0151. The molecule has 2 aliphatic heterocycles. The quantitative estimate of drug-likeness (QED) is 0.856. The van der Waals surface area contributed by atoms with Crippen molar-refractivity contribution >= 4 is 17.8 Å². The number of carbonyl (C=O) groups is 3. The van der Waals surface area contributed by atoms with E-state index in [0.29, 0.717) is 32.5 Å². The van der Waals surface area contributed by atoms with Crippen LogP contribution in [0.25, 0.3) is 0 Å². The Hall–Kier alpha value is -2.41. The van der Waals surface area contributed by atoms with Gasteiger partial charge in [-0.25, -0.2) is 4.79 Å². The first-order chi connectivity index (χ1) is 12.1. The minimum atomic E-state index is -1.11. The van der Waals surface area contributed by atoms with Gasteiger partial charge in [-0.3, -0.25) is 9.59 Å². The van der Waals surface area contributed by atoms with Crippen LogP contribution in [0.15, 0.2) is 24.3 Å². The average molecular weight is 346 g/mol. The van der Waals surface area contributed by atoms with Crippen LogP contribution in [0.5, 0.6) is 0 Å². The normalized spacial score (nSPS) is 21.1. The Morgan fingerprint density at radius 1 is 1.08 bits per heavy atom. The summed E-state index contributed by atoms with van der Waals surface area (Å²) in [6.45, 7) is 1.61. The highest BCUT2D eigenvalue weighted by Crippen LogP contribution is 2.18. The van der Waals surface area contributed by atoms with E-state index in [2.05, 4.69) is 5.32 Å². The summed E-state index contributed by atoms with van der Waals surface area (Å²) in [6.07, 6.45) is 2.63. The first-order valence-electron chi connectivity index (χ1n) is 8.60. The number of hydrogen-bond acceptors (Lipinski definition) is 4. The number of carboxylic acid groups (broad SMARTS) is 1. The Morgan fingerprint density at radius 3 is 2.36 bits per heavy atom. The number of benzene rings is 1. The van der Waals surface area contributed by atoms with Crippen LogP contribution >= 0.6 is 0 Å². The number of rotatable bonds is 4. The number of carbonyl (C=O) groups excluding carboxylic acids is 2. The molecule has 0 aromatic heterocycles. The summed E-state index contributed by atoms with van der Waals surface area (Å²) in [7, 11) is 0. The van der Waals surface area contributed by atoms with Crippen molar-refractivity contribution in [3.8, 4) is 0 Å². The molecule has 2 saturated heterocycles. The van der Waals surface area contributed by atoms with Crippen molar-refractivity contribution in [2.24, 2.45) is 0 Å². The number of likely N-dealkylation sites (tertiary alicyclic amines) is 1. The van der Waals surface area contributed by atoms with E-state index in [0.717, 1.165) is 12.8 Å². The van der Waals surface area contributed by atoms with Gasteiger partial charge in [0.2, 0.25) is 5.91 Å². The highest BCUT2D eigenvalue weighted by Gasteiger charge is 2.29. The SMILES string of the molecule is O=C(O)c1ccccc1C(=O)N1CCC(NC(=O)C2CCCO2)CC1. The van der Waals surface area contributed by atoms with Gasteiger partial charge in [0.15, 0.2) is 0 Å². The van der Waals surface area contributed by atoms with Gasteiger partial charge in [0.25, 0.3) is 5.91 Å². The summed E-state index contributed by atoms with van der Waals surface area (Å²) in [6, 6.07) is 6.26. The molecule has 2 heterocycles. The van der Waals surface area contributed by atoms with E-state index in [4.69, 9.17) is 4.74 Å². The molecule has 1 aromatic carbocycles. The topological polar surface area (TPSA) is 95.9 Å². The molecular formula is C18H22N2O5. The molecule has 0 saturated carbocycles. The number of amides is 2. The van der Waals surface area contributed by atoms with E-state index in [9.17, 15) is 19.5 Å². The third-order valence-electron chi connectivity index (χ3n) is 4.74. The number of hydrogen-bond donors (Lipinski definition) is 2. The molecule has 0 spiro atoms.